The summed E-state index contributed by atoms with van der Waals surface area (Å²) in [6.45, 7) is 0. The van der Waals surface area contributed by atoms with Gasteiger partial charge < -0.3 is 29.6 Å². The van der Waals surface area contributed by atoms with E-state index < -0.39 is 0 Å². The van der Waals surface area contributed by atoms with E-state index >= 15 is 0 Å². The molecule has 2 aliphatic carbocycles. The number of allylic oxidation sites excluding steroid dienone is 2. The van der Waals surface area contributed by atoms with E-state index in [-0.39, 0.29) is 62.9 Å². The molecule has 6 bridgehead atoms. The van der Waals surface area contributed by atoms with E-state index in [1.807, 2.05) is 24.3 Å². The van der Waals surface area contributed by atoms with Crippen molar-refractivity contribution in [2.75, 3.05) is 0 Å². The Morgan fingerprint density at radius 2 is 1.22 bits per heavy atom. The topological polar surface area (TPSA) is 9.23 Å². The van der Waals surface area contributed by atoms with Crippen molar-refractivity contribution >= 4 is 44.0 Å². The van der Waals surface area contributed by atoms with Crippen molar-refractivity contribution in [1.29, 1.82) is 0 Å². The Hall–Kier alpha value is -1.42. The second kappa shape index (κ2) is 12.4. The van der Waals surface area contributed by atoms with Gasteiger partial charge in [-0.3, -0.25) is 12.2 Å². The number of ether oxygens (including phenoxy) is 1. The average molecular weight is 716 g/mol. The van der Waals surface area contributed by atoms with Crippen LogP contribution in [-0.4, -0.2) is 0 Å². The van der Waals surface area contributed by atoms with Crippen molar-refractivity contribution < 1.29 is 55.8 Å². The monoisotopic (exact) mass is 712 g/mol. The Labute approximate surface area is 260 Å². The van der Waals surface area contributed by atoms with Crippen molar-refractivity contribution in [2.24, 2.45) is 0 Å². The third kappa shape index (κ3) is 5.54. The van der Waals surface area contributed by atoms with Gasteiger partial charge >= 0.3 is 26.2 Å². The molecule has 2 heterocycles. The maximum absolute atomic E-state index is 5.86. The molecule has 0 spiro atoms. The van der Waals surface area contributed by atoms with Crippen LogP contribution in [0.1, 0.15) is 45.2 Å². The fourth-order valence-corrected chi connectivity index (χ4v) is 5.95. The summed E-state index contributed by atoms with van der Waals surface area (Å²) in [7, 11) is 0. The van der Waals surface area contributed by atoms with Crippen LogP contribution in [-0.2, 0) is 26.2 Å². The molecule has 36 heavy (non-hydrogen) atoms. The zero-order valence-corrected chi connectivity index (χ0v) is 26.0. The number of fused-ring (bicyclic) bond motifs is 2. The van der Waals surface area contributed by atoms with Gasteiger partial charge in [0, 0.05) is 8.95 Å². The number of hydrogen-bond donors (Lipinski definition) is 0. The summed E-state index contributed by atoms with van der Waals surface area (Å²) in [6, 6.07) is 29.1. The van der Waals surface area contributed by atoms with E-state index in [0.29, 0.717) is 0 Å². The van der Waals surface area contributed by atoms with Gasteiger partial charge in [0.05, 0.1) is 0 Å². The molecule has 8 rings (SSSR count). The molecule has 0 N–H and O–H groups in total. The first-order valence-corrected chi connectivity index (χ1v) is 12.4. The summed E-state index contributed by atoms with van der Waals surface area (Å²) >= 11 is 7.26. The van der Waals surface area contributed by atoms with Crippen LogP contribution in [0, 0.1) is 12.2 Å². The molecule has 0 radical (unpaired) electrons. The number of benzene rings is 4. The predicted molar refractivity (Wildman–Crippen MR) is 140 cm³/mol. The molecule has 4 aliphatic rings. The predicted octanol–water partition coefficient (Wildman–Crippen LogP) is 2.93. The van der Waals surface area contributed by atoms with E-state index in [9.17, 15) is 0 Å². The molecule has 0 fully saturated rings. The molecule has 176 valence electrons. The number of halogens is 4. The molecular formula is C30H18Br2Cl2OZr. The van der Waals surface area contributed by atoms with Gasteiger partial charge in [-0.15, -0.1) is 17.2 Å². The minimum atomic E-state index is 0. The van der Waals surface area contributed by atoms with E-state index in [4.69, 9.17) is 4.74 Å². The Bertz CT molecular complexity index is 1440. The molecule has 1 nitrogen and oxygen atoms in total. The van der Waals surface area contributed by atoms with Crippen LogP contribution in [0.5, 0.6) is 11.5 Å². The maximum Gasteiger partial charge on any atom is 4.00 e. The third-order valence-corrected chi connectivity index (χ3v) is 7.52. The standard InChI is InChI=1S/C15H8BrO.C15H10Br.2ClH.Zr/c16-14-8-12-7-10-4-5-13(15(10)14)9-2-1-3-11(6-9)17-12;16-14-8-4-7-12-9-10-13(15(12)14)11-5-2-1-3-6-11;;;/h1-4,6-8,13H;1-9,13H;2*1H;/q2*-1;;;+4/p-2. The van der Waals surface area contributed by atoms with E-state index in [1.54, 1.807) is 0 Å². The van der Waals surface area contributed by atoms with E-state index in [0.717, 1.165) is 16.0 Å². The van der Waals surface area contributed by atoms with Crippen LogP contribution >= 0.6 is 31.9 Å². The first-order valence-electron chi connectivity index (χ1n) is 10.8. The molecule has 0 saturated carbocycles. The molecular weight excluding hydrogens is 698 g/mol. The van der Waals surface area contributed by atoms with Crippen LogP contribution < -0.4 is 29.6 Å². The minimum Gasteiger partial charge on any atom is -1.00 e. The van der Waals surface area contributed by atoms with Gasteiger partial charge in [-0.25, -0.2) is 12.2 Å². The largest absolute Gasteiger partial charge is 4.00 e. The molecule has 0 amide bonds. The molecule has 0 aromatic heterocycles. The van der Waals surface area contributed by atoms with Crippen molar-refractivity contribution in [3.05, 3.63) is 139 Å². The van der Waals surface area contributed by atoms with Crippen LogP contribution in [0.25, 0.3) is 12.2 Å². The second-order valence-corrected chi connectivity index (χ2v) is 9.93. The van der Waals surface area contributed by atoms with Crippen LogP contribution in [0.3, 0.4) is 0 Å². The summed E-state index contributed by atoms with van der Waals surface area (Å²) in [5.41, 5.74) is 7.60. The Morgan fingerprint density at radius 1 is 0.583 bits per heavy atom. The molecule has 2 atom stereocenters. The molecule has 4 aromatic rings. The van der Waals surface area contributed by atoms with Gasteiger partial charge in [0.25, 0.3) is 0 Å². The van der Waals surface area contributed by atoms with Gasteiger partial charge in [-0.2, -0.15) is 11.1 Å². The first kappa shape index (κ1) is 29.1. The van der Waals surface area contributed by atoms with Gasteiger partial charge in [0.2, 0.25) is 0 Å². The number of rotatable bonds is 1. The minimum absolute atomic E-state index is 0. The quantitative estimate of drug-likeness (QED) is 0.276. The molecule has 0 saturated heterocycles. The summed E-state index contributed by atoms with van der Waals surface area (Å²) in [4.78, 5) is 0. The van der Waals surface area contributed by atoms with E-state index in [2.05, 4.69) is 117 Å². The molecule has 6 heteroatoms. The van der Waals surface area contributed by atoms with Crippen molar-refractivity contribution in [3.63, 3.8) is 0 Å². The zero-order valence-electron chi connectivity index (χ0n) is 18.8. The fraction of sp³-hybridized carbons (Fsp3) is 0.0667. The fourth-order valence-electron chi connectivity index (χ4n) is 4.66. The number of hydrogen-bond acceptors (Lipinski definition) is 1. The zero-order chi connectivity index (χ0) is 22.4. The summed E-state index contributed by atoms with van der Waals surface area (Å²) < 4.78 is 8.12. The Morgan fingerprint density at radius 3 is 2.00 bits per heavy atom. The summed E-state index contributed by atoms with van der Waals surface area (Å²) in [5.74, 6) is 2.25. The normalized spacial score (nSPS) is 16.5. The average Bonchev–Trinajstić information content (AvgIpc) is 3.47. The van der Waals surface area contributed by atoms with E-state index in [1.165, 1.54) is 37.9 Å². The Kier molecular flexibility index (Phi) is 10.1. The van der Waals surface area contributed by atoms with Gasteiger partial charge in [0.1, 0.15) is 11.5 Å². The molecule has 2 unspecified atom stereocenters. The smallest absolute Gasteiger partial charge is 1.00 e. The maximum atomic E-state index is 5.86. The summed E-state index contributed by atoms with van der Waals surface area (Å²) in [6.07, 6.45) is 11.0. The van der Waals surface area contributed by atoms with Gasteiger partial charge in [-0.05, 0) is 18.2 Å². The van der Waals surface area contributed by atoms with Gasteiger partial charge in [-0.1, -0.05) is 115 Å². The van der Waals surface area contributed by atoms with Gasteiger partial charge in [0.15, 0.2) is 0 Å². The Balaban J connectivity index is 0.000000185. The second-order valence-electron chi connectivity index (χ2n) is 8.22. The molecule has 2 aliphatic heterocycles. The van der Waals surface area contributed by atoms with Crippen LogP contribution in [0.4, 0.5) is 0 Å². The van der Waals surface area contributed by atoms with Crippen LogP contribution in [0.15, 0.2) is 93.9 Å². The SMILES string of the molecule is Brc1cc2cc3c1C([C-]=C3)c1cccc(c1)O2.Brc1cccc2c1C(c1ccccc1)[C-]=C2.[Cl-].[Cl-].[Zr+4]. The third-order valence-electron chi connectivity index (χ3n) is 6.17. The van der Waals surface area contributed by atoms with Crippen LogP contribution in [0.2, 0.25) is 0 Å². The first-order chi connectivity index (χ1) is 16.2. The summed E-state index contributed by atoms with van der Waals surface area (Å²) in [5, 5.41) is 0. The van der Waals surface area contributed by atoms with Crippen molar-refractivity contribution in [2.45, 2.75) is 11.8 Å². The molecule has 4 aromatic carbocycles. The van der Waals surface area contributed by atoms with Crippen molar-refractivity contribution in [1.82, 2.24) is 0 Å². The van der Waals surface area contributed by atoms with Crippen molar-refractivity contribution in [3.8, 4) is 11.5 Å².